The van der Waals surface area contributed by atoms with Gasteiger partial charge < -0.3 is 0 Å². The Morgan fingerprint density at radius 3 is 2.24 bits per heavy atom. The summed E-state index contributed by atoms with van der Waals surface area (Å²) in [7, 11) is -3.81. The van der Waals surface area contributed by atoms with Crippen LogP contribution in [-0.2, 0) is 14.8 Å². The van der Waals surface area contributed by atoms with Crippen LogP contribution in [0, 0.1) is 6.92 Å². The van der Waals surface area contributed by atoms with Crippen LogP contribution in [0.4, 0.5) is 0 Å². The second-order valence-electron chi connectivity index (χ2n) is 7.40. The summed E-state index contributed by atoms with van der Waals surface area (Å²) in [5, 5.41) is 0. The molecule has 0 saturated carbocycles. The van der Waals surface area contributed by atoms with E-state index in [4.69, 9.17) is 0 Å². The Balaban J connectivity index is 2.23. The summed E-state index contributed by atoms with van der Waals surface area (Å²) in [6.07, 6.45) is 4.00. The minimum absolute atomic E-state index is 0.0188. The lowest BCUT2D eigenvalue weighted by Gasteiger charge is -2.20. The van der Waals surface area contributed by atoms with E-state index in [0.29, 0.717) is 12.1 Å². The van der Waals surface area contributed by atoms with Crippen LogP contribution in [0.1, 0.15) is 50.3 Å². The van der Waals surface area contributed by atoms with Crippen molar-refractivity contribution in [2.75, 3.05) is 0 Å². The molecule has 152 valence electrons. The number of ketones is 1. The molecule has 0 fully saturated rings. The fourth-order valence-electron chi connectivity index (χ4n) is 3.60. The largest absolute Gasteiger partial charge is 0.299 e. The molecule has 3 rings (SSSR count). The van der Waals surface area contributed by atoms with Crippen molar-refractivity contribution in [2.45, 2.75) is 50.8 Å². The van der Waals surface area contributed by atoms with Gasteiger partial charge in [0.15, 0.2) is 0 Å². The van der Waals surface area contributed by atoms with Crippen molar-refractivity contribution in [1.29, 1.82) is 0 Å². The third-order valence-electron chi connectivity index (χ3n) is 5.22. The van der Waals surface area contributed by atoms with E-state index in [2.05, 4.69) is 6.92 Å². The molecule has 0 aliphatic heterocycles. The lowest BCUT2D eigenvalue weighted by atomic mass is 9.90. The lowest BCUT2D eigenvalue weighted by molar-refractivity contribution is -0.118. The van der Waals surface area contributed by atoms with Gasteiger partial charge in [-0.15, -0.1) is 0 Å². The maximum Gasteiger partial charge on any atom is 0.267 e. The normalized spacial score (nSPS) is 12.7. The zero-order chi connectivity index (χ0) is 21.0. The Labute approximate surface area is 173 Å². The van der Waals surface area contributed by atoms with Gasteiger partial charge in [0, 0.05) is 11.8 Å². The lowest BCUT2D eigenvalue weighted by Crippen LogP contribution is -2.21. The van der Waals surface area contributed by atoms with Gasteiger partial charge in [0.25, 0.3) is 10.0 Å². The van der Waals surface area contributed by atoms with Gasteiger partial charge in [0.05, 0.1) is 16.5 Å². The van der Waals surface area contributed by atoms with Crippen molar-refractivity contribution in [2.24, 2.45) is 0 Å². The van der Waals surface area contributed by atoms with Gasteiger partial charge >= 0.3 is 0 Å². The number of aromatic nitrogens is 1. The molecule has 1 heterocycles. The van der Waals surface area contributed by atoms with Gasteiger partial charge in [0.2, 0.25) is 0 Å². The molecule has 0 aliphatic carbocycles. The van der Waals surface area contributed by atoms with Crippen molar-refractivity contribution in [3.8, 4) is 11.1 Å². The number of hydrogen-bond donors (Lipinski definition) is 0. The molecule has 2 aromatic carbocycles. The third-order valence-corrected chi connectivity index (χ3v) is 6.92. The molecule has 0 bridgehead atoms. The highest BCUT2D eigenvalue weighted by Gasteiger charge is 2.29. The Hall–Kier alpha value is -2.66. The summed E-state index contributed by atoms with van der Waals surface area (Å²) in [6, 6.07) is 18.2. The predicted octanol–water partition coefficient (Wildman–Crippen LogP) is 5.56. The van der Waals surface area contributed by atoms with Crippen molar-refractivity contribution >= 4 is 15.8 Å². The maximum atomic E-state index is 13.5. The number of carbonyl (C=O) groups excluding carboxylic acids is 1. The number of benzene rings is 2. The number of unbranched alkanes of at least 4 members (excludes halogenated alkanes) is 1. The first-order chi connectivity index (χ1) is 13.9. The van der Waals surface area contributed by atoms with E-state index in [1.54, 1.807) is 43.5 Å². The second kappa shape index (κ2) is 8.78. The number of carbonyl (C=O) groups is 1. The summed E-state index contributed by atoms with van der Waals surface area (Å²) in [6.45, 7) is 5.53. The van der Waals surface area contributed by atoms with Crippen molar-refractivity contribution in [3.63, 3.8) is 0 Å². The van der Waals surface area contributed by atoms with E-state index in [0.717, 1.165) is 29.5 Å². The number of rotatable bonds is 8. The van der Waals surface area contributed by atoms with Crippen molar-refractivity contribution < 1.29 is 13.2 Å². The minimum atomic E-state index is -3.81. The molecule has 0 N–H and O–H groups in total. The Kier molecular flexibility index (Phi) is 6.38. The zero-order valence-electron chi connectivity index (χ0n) is 17.1. The van der Waals surface area contributed by atoms with E-state index in [1.165, 1.54) is 3.97 Å². The SMILES string of the molecule is CCCCC(C(C)=O)c1c(-c2ccccc2)ccn1S(=O)(=O)c1ccc(C)cc1. The molecule has 5 heteroatoms. The predicted molar refractivity (Wildman–Crippen MR) is 117 cm³/mol. The molecule has 0 aliphatic rings. The van der Waals surface area contributed by atoms with Crippen LogP contribution in [-0.4, -0.2) is 18.2 Å². The van der Waals surface area contributed by atoms with Gasteiger partial charge in [0.1, 0.15) is 5.78 Å². The smallest absolute Gasteiger partial charge is 0.267 e. The molecule has 0 radical (unpaired) electrons. The third kappa shape index (κ3) is 4.35. The molecule has 0 saturated heterocycles. The van der Waals surface area contributed by atoms with E-state index in [-0.39, 0.29) is 10.7 Å². The summed E-state index contributed by atoms with van der Waals surface area (Å²) >= 11 is 0. The maximum absolute atomic E-state index is 13.5. The quantitative estimate of drug-likeness (QED) is 0.489. The topological polar surface area (TPSA) is 56.1 Å². The highest BCUT2D eigenvalue weighted by Crippen LogP contribution is 2.36. The number of Topliss-reactive ketones (excluding diaryl/α,β-unsaturated/α-hetero) is 1. The van der Waals surface area contributed by atoms with Crippen LogP contribution < -0.4 is 0 Å². The molecule has 4 nitrogen and oxygen atoms in total. The van der Waals surface area contributed by atoms with E-state index >= 15 is 0 Å². The molecular formula is C24H27NO3S. The molecule has 3 aromatic rings. The molecule has 1 aromatic heterocycles. The van der Waals surface area contributed by atoms with Gasteiger partial charge in [-0.3, -0.25) is 4.79 Å². The fourth-order valence-corrected chi connectivity index (χ4v) is 5.02. The molecular weight excluding hydrogens is 382 g/mol. The molecule has 0 amide bonds. The highest BCUT2D eigenvalue weighted by atomic mass is 32.2. The number of nitrogens with zero attached hydrogens (tertiary/aromatic N) is 1. The highest BCUT2D eigenvalue weighted by molar-refractivity contribution is 7.90. The Morgan fingerprint density at radius 2 is 1.66 bits per heavy atom. The van der Waals surface area contributed by atoms with Gasteiger partial charge in [-0.1, -0.05) is 67.8 Å². The van der Waals surface area contributed by atoms with Crippen LogP contribution in [0.5, 0.6) is 0 Å². The summed E-state index contributed by atoms with van der Waals surface area (Å²) in [4.78, 5) is 12.8. The summed E-state index contributed by atoms with van der Waals surface area (Å²) < 4.78 is 28.2. The van der Waals surface area contributed by atoms with E-state index < -0.39 is 15.9 Å². The van der Waals surface area contributed by atoms with E-state index in [9.17, 15) is 13.2 Å². The van der Waals surface area contributed by atoms with Crippen molar-refractivity contribution in [1.82, 2.24) is 3.97 Å². The first-order valence-electron chi connectivity index (χ1n) is 9.95. The molecule has 1 atom stereocenters. The van der Waals surface area contributed by atoms with Crippen LogP contribution in [0.2, 0.25) is 0 Å². The summed E-state index contributed by atoms with van der Waals surface area (Å²) in [5.74, 6) is -0.491. The van der Waals surface area contributed by atoms with Crippen molar-refractivity contribution in [3.05, 3.63) is 78.1 Å². The Morgan fingerprint density at radius 1 is 1.00 bits per heavy atom. The average molecular weight is 410 g/mol. The van der Waals surface area contributed by atoms with Gasteiger partial charge in [-0.2, -0.15) is 0 Å². The Bertz CT molecular complexity index is 1080. The first kappa shape index (κ1) is 21.1. The monoisotopic (exact) mass is 409 g/mol. The zero-order valence-corrected chi connectivity index (χ0v) is 17.9. The minimum Gasteiger partial charge on any atom is -0.299 e. The van der Waals surface area contributed by atoms with Crippen LogP contribution in [0.25, 0.3) is 11.1 Å². The van der Waals surface area contributed by atoms with Crippen LogP contribution >= 0.6 is 0 Å². The van der Waals surface area contributed by atoms with Crippen LogP contribution in [0.15, 0.2) is 71.8 Å². The van der Waals surface area contributed by atoms with Gasteiger partial charge in [-0.05, 0) is 44.0 Å². The second-order valence-corrected chi connectivity index (χ2v) is 9.21. The standard InChI is InChI=1S/C24H27NO3S/c1-4-5-11-22(19(3)26)24-23(20-9-7-6-8-10-20)16-17-25(24)29(27,28)21-14-12-18(2)13-15-21/h6-10,12-17,22H,4-5,11H2,1-3H3. The van der Waals surface area contributed by atoms with Gasteiger partial charge in [-0.25, -0.2) is 12.4 Å². The molecule has 29 heavy (non-hydrogen) atoms. The average Bonchev–Trinajstić information content (AvgIpc) is 3.15. The molecule has 1 unspecified atom stereocenters. The fraction of sp³-hybridized carbons (Fsp3) is 0.292. The first-order valence-corrected chi connectivity index (χ1v) is 11.4. The molecule has 0 spiro atoms. The van der Waals surface area contributed by atoms with Crippen LogP contribution in [0.3, 0.4) is 0 Å². The van der Waals surface area contributed by atoms with E-state index in [1.807, 2.05) is 37.3 Å². The number of aryl methyl sites for hydroxylation is 1. The number of hydrogen-bond acceptors (Lipinski definition) is 3. The summed E-state index contributed by atoms with van der Waals surface area (Å²) in [5.41, 5.74) is 3.24.